The van der Waals surface area contributed by atoms with Crippen LogP contribution in [0, 0.1) is 5.92 Å². The Kier molecular flexibility index (Phi) is 6.24. The number of hydrogen-bond acceptors (Lipinski definition) is 6. The van der Waals surface area contributed by atoms with Crippen LogP contribution in [0.25, 0.3) is 0 Å². The first-order valence-corrected chi connectivity index (χ1v) is 12.5. The molecule has 1 aliphatic carbocycles. The summed E-state index contributed by atoms with van der Waals surface area (Å²) in [6.07, 6.45) is 2.95. The van der Waals surface area contributed by atoms with E-state index in [1.54, 1.807) is 6.07 Å². The van der Waals surface area contributed by atoms with Crippen LogP contribution in [0.15, 0.2) is 35.5 Å². The molecule has 2 aromatic rings. The van der Waals surface area contributed by atoms with Gasteiger partial charge in [0.2, 0.25) is 11.8 Å². The molecule has 7 nitrogen and oxygen atoms in total. The molecule has 3 aliphatic rings. The summed E-state index contributed by atoms with van der Waals surface area (Å²) in [5.41, 5.74) is 2.55. The number of thioether (sulfide) groups is 1. The molecule has 2 amide bonds. The first-order valence-electron chi connectivity index (χ1n) is 11.1. The Morgan fingerprint density at radius 2 is 1.75 bits per heavy atom. The number of amides is 2. The van der Waals surface area contributed by atoms with E-state index in [1.807, 2.05) is 21.9 Å². The summed E-state index contributed by atoms with van der Waals surface area (Å²) in [6, 6.07) is 10.0. The fourth-order valence-corrected chi connectivity index (χ4v) is 5.27. The van der Waals surface area contributed by atoms with E-state index in [4.69, 9.17) is 11.6 Å². The summed E-state index contributed by atoms with van der Waals surface area (Å²) in [7, 11) is 0. The van der Waals surface area contributed by atoms with Gasteiger partial charge in [0.25, 0.3) is 0 Å². The molecule has 0 unspecified atom stereocenters. The second kappa shape index (κ2) is 9.27. The van der Waals surface area contributed by atoms with Crippen LogP contribution in [0.2, 0.25) is 5.15 Å². The van der Waals surface area contributed by atoms with Crippen molar-refractivity contribution in [3.05, 3.63) is 46.6 Å². The van der Waals surface area contributed by atoms with Crippen molar-refractivity contribution in [1.82, 2.24) is 19.8 Å². The number of anilines is 1. The van der Waals surface area contributed by atoms with Crippen molar-refractivity contribution in [3.8, 4) is 0 Å². The first kappa shape index (κ1) is 21.5. The number of nitrogens with zero attached hydrogens (tertiary/aromatic N) is 5. The number of hydrogen-bond donors (Lipinski definition) is 0. The van der Waals surface area contributed by atoms with E-state index in [1.165, 1.54) is 22.9 Å². The Labute approximate surface area is 197 Å². The highest BCUT2D eigenvalue weighted by Gasteiger charge is 2.34. The summed E-state index contributed by atoms with van der Waals surface area (Å²) in [5, 5.41) is 0.878. The Bertz CT molecular complexity index is 1020. The zero-order valence-electron chi connectivity index (χ0n) is 17.9. The fourth-order valence-electron chi connectivity index (χ4n) is 4.28. The topological polar surface area (TPSA) is 69.6 Å². The molecule has 1 saturated heterocycles. The number of piperazine rings is 1. The molecule has 5 rings (SSSR count). The van der Waals surface area contributed by atoms with Crippen molar-refractivity contribution < 1.29 is 9.59 Å². The van der Waals surface area contributed by atoms with Gasteiger partial charge in [-0.1, -0.05) is 47.6 Å². The summed E-state index contributed by atoms with van der Waals surface area (Å²) in [6.45, 7) is 4.25. The van der Waals surface area contributed by atoms with Crippen LogP contribution in [-0.2, 0) is 22.6 Å². The van der Waals surface area contributed by atoms with Crippen LogP contribution < -0.4 is 4.90 Å². The standard InChI is InChI=1S/C23H26ClN5O2S/c24-19-13-20(27-9-11-28(12-10-27)22(31)17-5-6-17)26-23(25-19)32-15-21(30)29-8-7-16-3-1-2-4-18(16)14-29/h1-4,13,17H,5-12,14-15H2. The molecule has 0 atom stereocenters. The molecule has 0 radical (unpaired) electrons. The van der Waals surface area contributed by atoms with E-state index >= 15 is 0 Å². The average Bonchev–Trinajstić information content (AvgIpc) is 3.67. The molecule has 3 heterocycles. The molecule has 1 aromatic carbocycles. The molecule has 0 bridgehead atoms. The first-order chi connectivity index (χ1) is 15.6. The van der Waals surface area contributed by atoms with Gasteiger partial charge in [-0.3, -0.25) is 9.59 Å². The van der Waals surface area contributed by atoms with Crippen LogP contribution >= 0.6 is 23.4 Å². The van der Waals surface area contributed by atoms with E-state index in [0.717, 1.165) is 44.7 Å². The highest BCUT2D eigenvalue weighted by Crippen LogP contribution is 2.31. The van der Waals surface area contributed by atoms with Gasteiger partial charge in [-0.25, -0.2) is 9.97 Å². The number of rotatable bonds is 5. The molecular formula is C23H26ClN5O2S. The molecule has 1 aromatic heterocycles. The Hall–Kier alpha value is -2.32. The maximum Gasteiger partial charge on any atom is 0.233 e. The monoisotopic (exact) mass is 471 g/mol. The Morgan fingerprint density at radius 1 is 1.00 bits per heavy atom. The van der Waals surface area contributed by atoms with Gasteiger partial charge >= 0.3 is 0 Å². The van der Waals surface area contributed by atoms with E-state index < -0.39 is 0 Å². The lowest BCUT2D eigenvalue weighted by atomic mass is 10.00. The molecule has 0 N–H and O–H groups in total. The Morgan fingerprint density at radius 3 is 2.50 bits per heavy atom. The predicted molar refractivity (Wildman–Crippen MR) is 125 cm³/mol. The van der Waals surface area contributed by atoms with E-state index in [2.05, 4.69) is 27.0 Å². The minimum absolute atomic E-state index is 0.0850. The van der Waals surface area contributed by atoms with Crippen molar-refractivity contribution >= 4 is 41.0 Å². The van der Waals surface area contributed by atoms with Crippen LogP contribution in [0.5, 0.6) is 0 Å². The third-order valence-corrected chi connectivity index (χ3v) is 7.34. The summed E-state index contributed by atoms with van der Waals surface area (Å²) in [4.78, 5) is 40.0. The minimum Gasteiger partial charge on any atom is -0.353 e. The van der Waals surface area contributed by atoms with E-state index in [-0.39, 0.29) is 17.6 Å². The van der Waals surface area contributed by atoms with Gasteiger partial charge in [0, 0.05) is 51.3 Å². The van der Waals surface area contributed by atoms with E-state index in [9.17, 15) is 9.59 Å². The highest BCUT2D eigenvalue weighted by atomic mass is 35.5. The summed E-state index contributed by atoms with van der Waals surface area (Å²) in [5.74, 6) is 1.67. The zero-order chi connectivity index (χ0) is 22.1. The number of carbonyl (C=O) groups is 2. The van der Waals surface area contributed by atoms with Crippen LogP contribution in [-0.4, -0.2) is 70.1 Å². The predicted octanol–water partition coefficient (Wildman–Crippen LogP) is 2.87. The molecule has 9 heteroatoms. The van der Waals surface area contributed by atoms with Gasteiger partial charge in [-0.2, -0.15) is 0 Å². The van der Waals surface area contributed by atoms with Crippen LogP contribution in [0.1, 0.15) is 24.0 Å². The smallest absolute Gasteiger partial charge is 0.233 e. The van der Waals surface area contributed by atoms with Gasteiger partial charge in [0.15, 0.2) is 5.16 Å². The fraction of sp³-hybridized carbons (Fsp3) is 0.478. The molecule has 168 valence electrons. The molecule has 32 heavy (non-hydrogen) atoms. The lowest BCUT2D eigenvalue weighted by molar-refractivity contribution is -0.133. The summed E-state index contributed by atoms with van der Waals surface area (Å²) >= 11 is 7.59. The summed E-state index contributed by atoms with van der Waals surface area (Å²) < 4.78 is 0. The molecule has 2 fully saturated rings. The van der Waals surface area contributed by atoms with Gasteiger partial charge in [-0.15, -0.1) is 0 Å². The van der Waals surface area contributed by atoms with E-state index in [0.29, 0.717) is 35.9 Å². The molecule has 1 saturated carbocycles. The van der Waals surface area contributed by atoms with Crippen molar-refractivity contribution in [2.45, 2.75) is 31.0 Å². The number of halogens is 1. The number of benzene rings is 1. The molecular weight excluding hydrogens is 446 g/mol. The van der Waals surface area contributed by atoms with Gasteiger partial charge in [0.05, 0.1) is 5.75 Å². The van der Waals surface area contributed by atoms with Gasteiger partial charge < -0.3 is 14.7 Å². The third-order valence-electron chi connectivity index (χ3n) is 6.31. The zero-order valence-corrected chi connectivity index (χ0v) is 19.4. The van der Waals surface area contributed by atoms with Crippen molar-refractivity contribution in [1.29, 1.82) is 0 Å². The highest BCUT2D eigenvalue weighted by molar-refractivity contribution is 7.99. The number of carbonyl (C=O) groups excluding carboxylic acids is 2. The third kappa shape index (κ3) is 4.86. The largest absolute Gasteiger partial charge is 0.353 e. The van der Waals surface area contributed by atoms with Gasteiger partial charge in [-0.05, 0) is 30.4 Å². The lowest BCUT2D eigenvalue weighted by Crippen LogP contribution is -2.49. The van der Waals surface area contributed by atoms with Crippen molar-refractivity contribution in [2.24, 2.45) is 5.92 Å². The molecule has 2 aliphatic heterocycles. The minimum atomic E-state index is 0.0850. The SMILES string of the molecule is O=C(CSc1nc(Cl)cc(N2CCN(C(=O)C3CC3)CC2)n1)N1CCc2ccccc2C1. The maximum atomic E-state index is 12.8. The number of fused-ring (bicyclic) bond motifs is 1. The van der Waals surface area contributed by atoms with Crippen molar-refractivity contribution in [2.75, 3.05) is 43.4 Å². The second-order valence-electron chi connectivity index (χ2n) is 8.54. The maximum absolute atomic E-state index is 12.8. The Balaban J connectivity index is 1.17. The average molecular weight is 472 g/mol. The molecule has 0 spiro atoms. The number of aromatic nitrogens is 2. The second-order valence-corrected chi connectivity index (χ2v) is 9.87. The van der Waals surface area contributed by atoms with Crippen LogP contribution in [0.3, 0.4) is 0 Å². The van der Waals surface area contributed by atoms with Crippen molar-refractivity contribution in [3.63, 3.8) is 0 Å². The van der Waals surface area contributed by atoms with Gasteiger partial charge in [0.1, 0.15) is 11.0 Å². The quantitative estimate of drug-likeness (QED) is 0.379. The normalized spacial score (nSPS) is 18.5. The van der Waals surface area contributed by atoms with Crippen LogP contribution in [0.4, 0.5) is 5.82 Å². The lowest BCUT2D eigenvalue weighted by Gasteiger charge is -2.35.